The van der Waals surface area contributed by atoms with E-state index in [1.165, 1.54) is 6.20 Å². The molecule has 0 spiro atoms. The first kappa shape index (κ1) is 11.5. The molecule has 0 amide bonds. The molecule has 0 radical (unpaired) electrons. The van der Waals surface area contributed by atoms with Crippen molar-refractivity contribution in [1.82, 2.24) is 4.98 Å². The van der Waals surface area contributed by atoms with Gasteiger partial charge in [0.1, 0.15) is 5.69 Å². The molecular weight excluding hydrogens is 404 g/mol. The van der Waals surface area contributed by atoms with Crippen molar-refractivity contribution in [3.8, 4) is 0 Å². The van der Waals surface area contributed by atoms with Crippen molar-refractivity contribution in [2.24, 2.45) is 5.73 Å². The van der Waals surface area contributed by atoms with Gasteiger partial charge in [0, 0.05) is 19.9 Å². The molecule has 0 bridgehead atoms. The Morgan fingerprint density at radius 2 is 2.08 bits per heavy atom. The summed E-state index contributed by atoms with van der Waals surface area (Å²) in [6.45, 7) is 0.263. The van der Waals surface area contributed by atoms with Gasteiger partial charge in [0.2, 0.25) is 0 Å². The lowest BCUT2D eigenvalue weighted by molar-refractivity contribution is 0.145. The average molecular weight is 410 g/mol. The Kier molecular flexibility index (Phi) is 4.23. The summed E-state index contributed by atoms with van der Waals surface area (Å²) < 4.78 is 26.0. The Bertz CT molecular complexity index is 318. The van der Waals surface area contributed by atoms with Crippen molar-refractivity contribution in [3.05, 3.63) is 24.6 Å². The maximum atomic E-state index is 12.4. The lowest BCUT2D eigenvalue weighted by atomic mass is 10.2. The number of hydrogen-bond donors (Lipinski definition) is 1. The van der Waals surface area contributed by atoms with Crippen molar-refractivity contribution >= 4 is 45.2 Å². The SMILES string of the molecule is NCc1c(I)cnc(C(F)F)c1I. The van der Waals surface area contributed by atoms with Crippen molar-refractivity contribution < 1.29 is 8.78 Å². The summed E-state index contributed by atoms with van der Waals surface area (Å²) in [5.41, 5.74) is 6.00. The molecule has 72 valence electrons. The number of pyridine rings is 1. The molecule has 1 rings (SSSR count). The van der Waals surface area contributed by atoms with E-state index in [1.54, 1.807) is 0 Å². The number of halogens is 4. The number of nitrogens with two attached hydrogens (primary N) is 1. The third-order valence-electron chi connectivity index (χ3n) is 1.51. The molecule has 0 aliphatic heterocycles. The third kappa shape index (κ3) is 2.46. The molecule has 0 saturated carbocycles. The smallest absolute Gasteiger partial charge is 0.281 e. The largest absolute Gasteiger partial charge is 0.326 e. The highest BCUT2D eigenvalue weighted by Gasteiger charge is 2.17. The summed E-state index contributed by atoms with van der Waals surface area (Å²) >= 11 is 3.89. The van der Waals surface area contributed by atoms with Gasteiger partial charge in [-0.1, -0.05) is 0 Å². The number of alkyl halides is 2. The minimum Gasteiger partial charge on any atom is -0.326 e. The molecule has 1 aromatic heterocycles. The molecule has 13 heavy (non-hydrogen) atoms. The van der Waals surface area contributed by atoms with Crippen LogP contribution in [0.15, 0.2) is 6.20 Å². The van der Waals surface area contributed by atoms with Crippen LogP contribution >= 0.6 is 45.2 Å². The summed E-state index contributed by atoms with van der Waals surface area (Å²) in [6.07, 6.45) is -1.11. The van der Waals surface area contributed by atoms with Gasteiger partial charge in [0.05, 0.1) is 0 Å². The predicted molar refractivity (Wildman–Crippen MR) is 62.5 cm³/mol. The van der Waals surface area contributed by atoms with Crippen molar-refractivity contribution in [2.45, 2.75) is 13.0 Å². The molecule has 0 saturated heterocycles. The second kappa shape index (κ2) is 4.78. The summed E-state index contributed by atoms with van der Waals surface area (Å²) in [7, 11) is 0. The highest BCUT2D eigenvalue weighted by atomic mass is 127. The van der Waals surface area contributed by atoms with Crippen LogP contribution in [-0.2, 0) is 6.54 Å². The van der Waals surface area contributed by atoms with Gasteiger partial charge in [0.25, 0.3) is 6.43 Å². The van der Waals surface area contributed by atoms with Gasteiger partial charge in [-0.25, -0.2) is 8.78 Å². The first-order valence-electron chi connectivity index (χ1n) is 3.39. The fourth-order valence-corrected chi connectivity index (χ4v) is 2.89. The minimum atomic E-state index is -2.53. The topological polar surface area (TPSA) is 38.9 Å². The van der Waals surface area contributed by atoms with Gasteiger partial charge >= 0.3 is 0 Å². The molecule has 0 aliphatic rings. The van der Waals surface area contributed by atoms with Crippen LogP contribution in [0.3, 0.4) is 0 Å². The molecule has 0 aliphatic carbocycles. The molecule has 2 nitrogen and oxygen atoms in total. The zero-order valence-electron chi connectivity index (χ0n) is 6.40. The van der Waals surface area contributed by atoms with Gasteiger partial charge in [0.15, 0.2) is 0 Å². The summed E-state index contributed by atoms with van der Waals surface area (Å²) in [5.74, 6) is 0. The molecule has 2 N–H and O–H groups in total. The van der Waals surface area contributed by atoms with Crippen molar-refractivity contribution in [2.75, 3.05) is 0 Å². The van der Waals surface area contributed by atoms with E-state index in [4.69, 9.17) is 5.73 Å². The van der Waals surface area contributed by atoms with Gasteiger partial charge in [-0.15, -0.1) is 0 Å². The summed E-state index contributed by atoms with van der Waals surface area (Å²) in [5, 5.41) is 0. The Labute approximate surface area is 102 Å². The van der Waals surface area contributed by atoms with Crippen LogP contribution in [0.4, 0.5) is 8.78 Å². The first-order chi connectivity index (χ1) is 6.07. The molecule has 0 atom stereocenters. The Morgan fingerprint density at radius 1 is 1.46 bits per heavy atom. The number of aromatic nitrogens is 1. The number of nitrogens with zero attached hydrogens (tertiary/aromatic N) is 1. The monoisotopic (exact) mass is 410 g/mol. The van der Waals surface area contributed by atoms with E-state index in [9.17, 15) is 8.78 Å². The van der Waals surface area contributed by atoms with Gasteiger partial charge in [-0.3, -0.25) is 4.98 Å². The standard InChI is InChI=1S/C7H6F2I2N2/c8-7(9)6-5(11)3(1-12)4(10)2-13-6/h2,7H,1,12H2. The second-order valence-electron chi connectivity index (χ2n) is 2.29. The van der Waals surface area contributed by atoms with Gasteiger partial charge in [-0.05, 0) is 50.7 Å². The molecule has 0 aromatic carbocycles. The molecule has 1 heterocycles. The van der Waals surface area contributed by atoms with E-state index in [-0.39, 0.29) is 12.2 Å². The van der Waals surface area contributed by atoms with Crippen LogP contribution in [0, 0.1) is 7.14 Å². The van der Waals surface area contributed by atoms with Crippen LogP contribution in [-0.4, -0.2) is 4.98 Å². The number of rotatable bonds is 2. The van der Waals surface area contributed by atoms with E-state index < -0.39 is 6.43 Å². The first-order valence-corrected chi connectivity index (χ1v) is 5.54. The maximum Gasteiger partial charge on any atom is 0.281 e. The van der Waals surface area contributed by atoms with Crippen molar-refractivity contribution in [1.29, 1.82) is 0 Å². The third-order valence-corrected chi connectivity index (χ3v) is 3.64. The highest BCUT2D eigenvalue weighted by molar-refractivity contribution is 14.1. The average Bonchev–Trinajstić information content (AvgIpc) is 2.04. The zero-order chi connectivity index (χ0) is 10.0. The number of hydrogen-bond acceptors (Lipinski definition) is 2. The van der Waals surface area contributed by atoms with Crippen LogP contribution in [0.5, 0.6) is 0 Å². The maximum absolute atomic E-state index is 12.4. The molecule has 0 fully saturated rings. The molecular formula is C7H6F2I2N2. The highest BCUT2D eigenvalue weighted by Crippen LogP contribution is 2.27. The van der Waals surface area contributed by atoms with Crippen LogP contribution in [0.2, 0.25) is 0 Å². The molecule has 6 heteroatoms. The lowest BCUT2D eigenvalue weighted by Gasteiger charge is -2.08. The summed E-state index contributed by atoms with van der Waals surface area (Å²) in [6, 6.07) is 0. The van der Waals surface area contributed by atoms with Crippen LogP contribution < -0.4 is 5.73 Å². The predicted octanol–water partition coefficient (Wildman–Crippen LogP) is 2.69. The van der Waals surface area contributed by atoms with Gasteiger partial charge < -0.3 is 5.73 Å². The zero-order valence-corrected chi connectivity index (χ0v) is 10.7. The van der Waals surface area contributed by atoms with Gasteiger partial charge in [-0.2, -0.15) is 0 Å². The normalized spacial score (nSPS) is 10.9. The fraction of sp³-hybridized carbons (Fsp3) is 0.286. The van der Waals surface area contributed by atoms with E-state index in [0.717, 1.165) is 9.13 Å². The van der Waals surface area contributed by atoms with E-state index in [0.29, 0.717) is 3.57 Å². The molecule has 1 aromatic rings. The quantitative estimate of drug-likeness (QED) is 0.763. The van der Waals surface area contributed by atoms with E-state index >= 15 is 0 Å². The lowest BCUT2D eigenvalue weighted by Crippen LogP contribution is -2.07. The fourth-order valence-electron chi connectivity index (χ4n) is 0.859. The van der Waals surface area contributed by atoms with E-state index in [2.05, 4.69) is 4.98 Å². The van der Waals surface area contributed by atoms with Crippen LogP contribution in [0.25, 0.3) is 0 Å². The van der Waals surface area contributed by atoms with E-state index in [1.807, 2.05) is 45.2 Å². The Morgan fingerprint density at radius 3 is 2.54 bits per heavy atom. The van der Waals surface area contributed by atoms with Crippen LogP contribution in [0.1, 0.15) is 17.7 Å². The second-order valence-corrected chi connectivity index (χ2v) is 4.53. The summed E-state index contributed by atoms with van der Waals surface area (Å²) in [4.78, 5) is 3.67. The molecule has 0 unspecified atom stereocenters. The Balaban J connectivity index is 3.27. The Hall–Kier alpha value is 0.430. The minimum absolute atomic E-state index is 0.179. The van der Waals surface area contributed by atoms with Crippen molar-refractivity contribution in [3.63, 3.8) is 0 Å².